The van der Waals surface area contributed by atoms with Crippen molar-refractivity contribution in [3.8, 4) is 0 Å². The van der Waals surface area contributed by atoms with Crippen molar-refractivity contribution < 1.29 is 19.4 Å². The van der Waals surface area contributed by atoms with Crippen molar-refractivity contribution >= 4 is 13.3 Å². The fourth-order valence-corrected chi connectivity index (χ4v) is 4.32. The Balaban J connectivity index is 2.17. The van der Waals surface area contributed by atoms with E-state index in [-0.39, 0.29) is 12.6 Å². The Morgan fingerprint density at radius 2 is 1.74 bits per heavy atom. The van der Waals surface area contributed by atoms with Crippen molar-refractivity contribution in [2.24, 2.45) is 5.92 Å². The van der Waals surface area contributed by atoms with Crippen LogP contribution in [0.1, 0.15) is 18.1 Å². The Kier molecular flexibility index (Phi) is 5.69. The maximum Gasteiger partial charge on any atom is 0.307 e. The lowest BCUT2D eigenvalue weighted by Gasteiger charge is -2.25. The molecule has 3 unspecified atom stereocenters. The van der Waals surface area contributed by atoms with E-state index in [9.17, 15) is 19.4 Å². The van der Waals surface area contributed by atoms with Gasteiger partial charge < -0.3 is 10.00 Å². The molecule has 2 aromatic rings. The van der Waals surface area contributed by atoms with E-state index >= 15 is 0 Å². The summed E-state index contributed by atoms with van der Waals surface area (Å²) >= 11 is 0. The van der Waals surface area contributed by atoms with E-state index in [2.05, 4.69) is 4.98 Å². The lowest BCUT2D eigenvalue weighted by Crippen LogP contribution is -2.28. The van der Waals surface area contributed by atoms with Gasteiger partial charge in [-0.3, -0.25) is 14.3 Å². The molecule has 1 aromatic carbocycles. The third kappa shape index (κ3) is 4.75. The molecule has 0 amide bonds. The van der Waals surface area contributed by atoms with Gasteiger partial charge in [0.05, 0.1) is 5.92 Å². The number of carboxylic acids is 1. The number of carboxylic acid groups (broad SMARTS) is 1. The Morgan fingerprint density at radius 3 is 2.30 bits per heavy atom. The van der Waals surface area contributed by atoms with Crippen molar-refractivity contribution in [3.05, 3.63) is 66.0 Å². The molecular formula is C17H20NO4P. The van der Waals surface area contributed by atoms with Crippen LogP contribution in [0.2, 0.25) is 0 Å². The second kappa shape index (κ2) is 7.53. The normalized spacial score (nSPS) is 16.3. The second-order valence-corrected chi connectivity index (χ2v) is 8.29. The fourth-order valence-electron chi connectivity index (χ4n) is 2.51. The number of aromatic nitrogens is 1. The lowest BCUT2D eigenvalue weighted by atomic mass is 9.97. The first-order chi connectivity index (χ1) is 10.9. The van der Waals surface area contributed by atoms with Crippen molar-refractivity contribution in [2.75, 3.05) is 0 Å². The maximum atomic E-state index is 12.7. The highest BCUT2D eigenvalue weighted by Gasteiger charge is 2.37. The predicted octanol–water partition coefficient (Wildman–Crippen LogP) is 3.18. The molecule has 0 saturated heterocycles. The Labute approximate surface area is 135 Å². The van der Waals surface area contributed by atoms with E-state index in [1.165, 1.54) is 0 Å². The molecule has 0 aliphatic carbocycles. The average Bonchev–Trinajstić information content (AvgIpc) is 2.53. The number of nitrogens with zero attached hydrogens (tertiary/aromatic N) is 1. The summed E-state index contributed by atoms with van der Waals surface area (Å²) in [6.07, 6.45) is 3.36. The van der Waals surface area contributed by atoms with Crippen molar-refractivity contribution in [2.45, 2.75) is 25.2 Å². The van der Waals surface area contributed by atoms with Crippen molar-refractivity contribution in [1.29, 1.82) is 0 Å². The highest BCUT2D eigenvalue weighted by atomic mass is 31.2. The molecule has 1 aromatic heterocycles. The number of benzene rings is 1. The van der Waals surface area contributed by atoms with Crippen LogP contribution in [0.4, 0.5) is 0 Å². The van der Waals surface area contributed by atoms with Crippen molar-refractivity contribution in [3.63, 3.8) is 0 Å². The summed E-state index contributed by atoms with van der Waals surface area (Å²) in [6, 6.07) is 12.4. The Morgan fingerprint density at radius 1 is 1.13 bits per heavy atom. The first-order valence-corrected chi connectivity index (χ1v) is 9.28. The number of rotatable bonds is 7. The van der Waals surface area contributed by atoms with Crippen LogP contribution in [0.5, 0.6) is 0 Å². The topological polar surface area (TPSA) is 87.5 Å². The monoisotopic (exact) mass is 333 g/mol. The standard InChI is InChI=1S/C17H20NO4P/c1-13(23(21,22)12-15-5-3-2-4-6-15)16(17(19)20)11-14-7-9-18-10-8-14/h2-10,13,16H,11-12H2,1H3,(H,19,20)(H,21,22). The lowest BCUT2D eigenvalue weighted by molar-refractivity contribution is -0.141. The second-order valence-electron chi connectivity index (χ2n) is 5.64. The summed E-state index contributed by atoms with van der Waals surface area (Å²) in [7, 11) is -3.65. The van der Waals surface area contributed by atoms with Gasteiger partial charge in [0.2, 0.25) is 7.37 Å². The third-order valence-corrected chi connectivity index (χ3v) is 6.44. The van der Waals surface area contributed by atoms with E-state index in [4.69, 9.17) is 0 Å². The summed E-state index contributed by atoms with van der Waals surface area (Å²) in [5.41, 5.74) is 0.686. The molecule has 5 nitrogen and oxygen atoms in total. The molecule has 6 heteroatoms. The van der Waals surface area contributed by atoms with Gasteiger partial charge >= 0.3 is 5.97 Å². The van der Waals surface area contributed by atoms with Gasteiger partial charge in [-0.1, -0.05) is 37.3 Å². The van der Waals surface area contributed by atoms with Gasteiger partial charge in [-0.05, 0) is 29.7 Å². The molecule has 0 aliphatic rings. The third-order valence-electron chi connectivity index (χ3n) is 3.99. The van der Waals surface area contributed by atoms with Gasteiger partial charge in [0, 0.05) is 24.2 Å². The molecule has 2 rings (SSSR count). The number of aliphatic carboxylic acids is 1. The first-order valence-electron chi connectivity index (χ1n) is 7.37. The molecule has 23 heavy (non-hydrogen) atoms. The van der Waals surface area contributed by atoms with Crippen LogP contribution in [-0.4, -0.2) is 26.6 Å². The maximum absolute atomic E-state index is 12.7. The molecule has 0 radical (unpaired) electrons. The van der Waals surface area contributed by atoms with Crippen LogP contribution >= 0.6 is 7.37 Å². The van der Waals surface area contributed by atoms with Gasteiger partial charge in [0.15, 0.2) is 0 Å². The number of hydrogen-bond donors (Lipinski definition) is 2. The minimum absolute atomic E-state index is 0.0187. The molecule has 0 spiro atoms. The Bertz CT molecular complexity index is 690. The van der Waals surface area contributed by atoms with E-state index in [1.807, 2.05) is 6.07 Å². The molecular weight excluding hydrogens is 313 g/mol. The minimum Gasteiger partial charge on any atom is -0.481 e. The minimum atomic E-state index is -3.65. The Hall–Kier alpha value is -1.97. The van der Waals surface area contributed by atoms with Crippen LogP contribution in [0.3, 0.4) is 0 Å². The van der Waals surface area contributed by atoms with Crippen LogP contribution in [0.15, 0.2) is 54.9 Å². The highest BCUT2D eigenvalue weighted by molar-refractivity contribution is 7.58. The zero-order valence-corrected chi connectivity index (χ0v) is 13.8. The van der Waals surface area contributed by atoms with E-state index in [1.54, 1.807) is 55.7 Å². The van der Waals surface area contributed by atoms with E-state index in [0.717, 1.165) is 11.1 Å². The van der Waals surface area contributed by atoms with Crippen LogP contribution in [0, 0.1) is 5.92 Å². The highest BCUT2D eigenvalue weighted by Crippen LogP contribution is 2.52. The zero-order chi connectivity index (χ0) is 16.9. The summed E-state index contributed by atoms with van der Waals surface area (Å²) in [4.78, 5) is 25.9. The summed E-state index contributed by atoms with van der Waals surface area (Å²) in [5.74, 6) is -1.98. The average molecular weight is 333 g/mol. The molecule has 3 atom stereocenters. The number of carbonyl (C=O) groups is 1. The van der Waals surface area contributed by atoms with Gasteiger partial charge in [0.1, 0.15) is 0 Å². The van der Waals surface area contributed by atoms with E-state index < -0.39 is 24.9 Å². The fraction of sp³-hybridized carbons (Fsp3) is 0.294. The van der Waals surface area contributed by atoms with Crippen LogP contribution in [0.25, 0.3) is 0 Å². The largest absolute Gasteiger partial charge is 0.481 e. The zero-order valence-electron chi connectivity index (χ0n) is 12.9. The molecule has 0 bridgehead atoms. The number of hydrogen-bond acceptors (Lipinski definition) is 3. The van der Waals surface area contributed by atoms with Crippen LogP contribution < -0.4 is 0 Å². The number of pyridine rings is 1. The SMILES string of the molecule is CC(C(Cc1ccncc1)C(=O)O)P(=O)(O)Cc1ccccc1. The molecule has 0 aliphatic heterocycles. The summed E-state index contributed by atoms with van der Waals surface area (Å²) < 4.78 is 12.7. The van der Waals surface area contributed by atoms with Gasteiger partial charge in [-0.15, -0.1) is 0 Å². The molecule has 0 saturated carbocycles. The quantitative estimate of drug-likeness (QED) is 0.760. The molecule has 2 N–H and O–H groups in total. The van der Waals surface area contributed by atoms with E-state index in [0.29, 0.717) is 0 Å². The smallest absolute Gasteiger partial charge is 0.307 e. The first kappa shape index (κ1) is 17.4. The van der Waals surface area contributed by atoms with Crippen LogP contribution in [-0.2, 0) is 21.9 Å². The summed E-state index contributed by atoms with van der Waals surface area (Å²) in [6.45, 7) is 1.55. The van der Waals surface area contributed by atoms with Gasteiger partial charge in [-0.25, -0.2) is 0 Å². The molecule has 0 fully saturated rings. The molecule has 1 heterocycles. The van der Waals surface area contributed by atoms with Gasteiger partial charge in [0.25, 0.3) is 0 Å². The molecule has 122 valence electrons. The predicted molar refractivity (Wildman–Crippen MR) is 88.5 cm³/mol. The summed E-state index contributed by atoms with van der Waals surface area (Å²) in [5, 5.41) is 9.49. The van der Waals surface area contributed by atoms with Crippen molar-refractivity contribution in [1.82, 2.24) is 4.98 Å². The van der Waals surface area contributed by atoms with Gasteiger partial charge in [-0.2, -0.15) is 0 Å².